The van der Waals surface area contributed by atoms with Crippen molar-refractivity contribution in [3.8, 4) is 0 Å². The number of halogens is 3. The molecule has 0 aromatic heterocycles. The SMILES string of the molecule is CC1(CNC(=O)C(F)(F)F)CCCC1. The first-order chi connectivity index (χ1) is 6.33. The highest BCUT2D eigenvalue weighted by atomic mass is 19.4. The smallest absolute Gasteiger partial charge is 0.348 e. The van der Waals surface area contributed by atoms with Gasteiger partial charge in [-0.05, 0) is 18.3 Å². The zero-order chi connectivity index (χ0) is 10.8. The molecule has 1 rings (SSSR count). The molecule has 1 aliphatic carbocycles. The molecule has 82 valence electrons. The maximum absolute atomic E-state index is 11.8. The molecule has 1 saturated carbocycles. The van der Waals surface area contributed by atoms with E-state index in [-0.39, 0.29) is 12.0 Å². The summed E-state index contributed by atoms with van der Waals surface area (Å²) in [7, 11) is 0. The fourth-order valence-electron chi connectivity index (χ4n) is 1.80. The topological polar surface area (TPSA) is 29.1 Å². The largest absolute Gasteiger partial charge is 0.471 e. The van der Waals surface area contributed by atoms with Crippen LogP contribution in [0.15, 0.2) is 0 Å². The molecule has 0 aromatic carbocycles. The van der Waals surface area contributed by atoms with Gasteiger partial charge < -0.3 is 5.32 Å². The zero-order valence-electron chi connectivity index (χ0n) is 8.08. The second-order valence-electron chi connectivity index (χ2n) is 4.20. The summed E-state index contributed by atoms with van der Waals surface area (Å²) in [5, 5.41) is 1.94. The van der Waals surface area contributed by atoms with Gasteiger partial charge in [0.1, 0.15) is 0 Å². The van der Waals surface area contributed by atoms with E-state index in [2.05, 4.69) is 0 Å². The molecule has 1 aliphatic rings. The van der Waals surface area contributed by atoms with Crippen LogP contribution in [0.1, 0.15) is 32.6 Å². The molecule has 5 heteroatoms. The lowest BCUT2D eigenvalue weighted by atomic mass is 9.89. The minimum Gasteiger partial charge on any atom is -0.348 e. The highest BCUT2D eigenvalue weighted by molar-refractivity contribution is 5.81. The van der Waals surface area contributed by atoms with Crippen LogP contribution in [0.3, 0.4) is 0 Å². The monoisotopic (exact) mass is 209 g/mol. The van der Waals surface area contributed by atoms with E-state index in [1.165, 1.54) is 0 Å². The van der Waals surface area contributed by atoms with Crippen molar-refractivity contribution in [1.29, 1.82) is 0 Å². The van der Waals surface area contributed by atoms with Crippen LogP contribution >= 0.6 is 0 Å². The van der Waals surface area contributed by atoms with Crippen LogP contribution in [-0.2, 0) is 4.79 Å². The van der Waals surface area contributed by atoms with Gasteiger partial charge in [0, 0.05) is 6.54 Å². The van der Waals surface area contributed by atoms with Crippen molar-refractivity contribution in [2.45, 2.75) is 38.8 Å². The molecular weight excluding hydrogens is 195 g/mol. The Balaban J connectivity index is 2.37. The third-order valence-corrected chi connectivity index (χ3v) is 2.74. The van der Waals surface area contributed by atoms with E-state index in [9.17, 15) is 18.0 Å². The summed E-state index contributed by atoms with van der Waals surface area (Å²) < 4.78 is 35.5. The number of carbonyl (C=O) groups is 1. The zero-order valence-corrected chi connectivity index (χ0v) is 8.08. The van der Waals surface area contributed by atoms with E-state index in [1.807, 2.05) is 12.2 Å². The summed E-state index contributed by atoms with van der Waals surface area (Å²) in [5.41, 5.74) is -0.138. The molecule has 2 nitrogen and oxygen atoms in total. The van der Waals surface area contributed by atoms with Gasteiger partial charge in [-0.3, -0.25) is 4.79 Å². The maximum atomic E-state index is 11.8. The number of amides is 1. The minimum atomic E-state index is -4.75. The van der Waals surface area contributed by atoms with Crippen molar-refractivity contribution in [2.24, 2.45) is 5.41 Å². The average Bonchev–Trinajstić information content (AvgIpc) is 2.47. The number of rotatable bonds is 2. The Morgan fingerprint density at radius 3 is 2.29 bits per heavy atom. The van der Waals surface area contributed by atoms with E-state index in [1.54, 1.807) is 0 Å². The molecule has 0 atom stereocenters. The highest BCUT2D eigenvalue weighted by Crippen LogP contribution is 2.36. The van der Waals surface area contributed by atoms with Crippen molar-refractivity contribution in [3.05, 3.63) is 0 Å². The van der Waals surface area contributed by atoms with E-state index < -0.39 is 12.1 Å². The van der Waals surface area contributed by atoms with Gasteiger partial charge in [0.15, 0.2) is 0 Å². The second kappa shape index (κ2) is 3.79. The predicted molar refractivity (Wildman–Crippen MR) is 45.6 cm³/mol. The van der Waals surface area contributed by atoms with Crippen LogP contribution in [0, 0.1) is 5.41 Å². The molecule has 0 radical (unpaired) electrons. The third-order valence-electron chi connectivity index (χ3n) is 2.74. The molecule has 1 fully saturated rings. The molecule has 1 amide bonds. The van der Waals surface area contributed by atoms with Gasteiger partial charge in [0.2, 0.25) is 0 Å². The van der Waals surface area contributed by atoms with Crippen molar-refractivity contribution < 1.29 is 18.0 Å². The van der Waals surface area contributed by atoms with Gasteiger partial charge in [0.25, 0.3) is 0 Å². The molecule has 1 N–H and O–H groups in total. The molecule has 0 saturated heterocycles. The van der Waals surface area contributed by atoms with Crippen LogP contribution in [0.5, 0.6) is 0 Å². The Morgan fingerprint density at radius 2 is 1.86 bits per heavy atom. The third kappa shape index (κ3) is 2.89. The maximum Gasteiger partial charge on any atom is 0.471 e. The van der Waals surface area contributed by atoms with Crippen molar-refractivity contribution in [2.75, 3.05) is 6.54 Å². The lowest BCUT2D eigenvalue weighted by Crippen LogP contribution is -2.41. The van der Waals surface area contributed by atoms with Crippen LogP contribution in [0.4, 0.5) is 13.2 Å². The average molecular weight is 209 g/mol. The van der Waals surface area contributed by atoms with Gasteiger partial charge in [-0.25, -0.2) is 0 Å². The second-order valence-corrected chi connectivity index (χ2v) is 4.20. The number of nitrogens with one attached hydrogen (secondary N) is 1. The first kappa shape index (κ1) is 11.3. The molecule has 0 heterocycles. The molecule has 0 unspecified atom stereocenters. The first-order valence-electron chi connectivity index (χ1n) is 4.69. The fraction of sp³-hybridized carbons (Fsp3) is 0.889. The summed E-state index contributed by atoms with van der Waals surface area (Å²) >= 11 is 0. The minimum absolute atomic E-state index is 0.130. The van der Waals surface area contributed by atoms with Crippen LogP contribution in [0.25, 0.3) is 0 Å². The lowest BCUT2D eigenvalue weighted by Gasteiger charge is -2.23. The Hall–Kier alpha value is -0.740. The van der Waals surface area contributed by atoms with Crippen LogP contribution < -0.4 is 5.32 Å². The standard InChI is InChI=1S/C9H14F3NO/c1-8(4-2-3-5-8)6-13-7(14)9(10,11)12/h2-6H2,1H3,(H,13,14). The molecule has 0 bridgehead atoms. The van der Waals surface area contributed by atoms with E-state index >= 15 is 0 Å². The molecule has 0 aromatic rings. The fourth-order valence-corrected chi connectivity index (χ4v) is 1.80. The Kier molecular flexibility index (Phi) is 3.07. The van der Waals surface area contributed by atoms with Crippen molar-refractivity contribution in [3.63, 3.8) is 0 Å². The van der Waals surface area contributed by atoms with E-state index in [4.69, 9.17) is 0 Å². The van der Waals surface area contributed by atoms with Gasteiger partial charge >= 0.3 is 12.1 Å². The van der Waals surface area contributed by atoms with Crippen LogP contribution in [0.2, 0.25) is 0 Å². The number of alkyl halides is 3. The lowest BCUT2D eigenvalue weighted by molar-refractivity contribution is -0.174. The first-order valence-corrected chi connectivity index (χ1v) is 4.69. The Bertz CT molecular complexity index is 219. The van der Waals surface area contributed by atoms with Crippen molar-refractivity contribution >= 4 is 5.91 Å². The number of hydrogen-bond acceptors (Lipinski definition) is 1. The Labute approximate surface area is 80.9 Å². The van der Waals surface area contributed by atoms with Crippen LogP contribution in [-0.4, -0.2) is 18.6 Å². The van der Waals surface area contributed by atoms with Gasteiger partial charge in [-0.15, -0.1) is 0 Å². The van der Waals surface area contributed by atoms with Gasteiger partial charge in [-0.2, -0.15) is 13.2 Å². The summed E-state index contributed by atoms with van der Waals surface area (Å²) in [5.74, 6) is -1.83. The van der Waals surface area contributed by atoms with E-state index in [0.717, 1.165) is 25.7 Å². The number of hydrogen-bond donors (Lipinski definition) is 1. The molecule has 0 aliphatic heterocycles. The summed E-state index contributed by atoms with van der Waals surface area (Å²) in [6.45, 7) is 2.04. The van der Waals surface area contributed by atoms with Gasteiger partial charge in [0.05, 0.1) is 0 Å². The molecular formula is C9H14F3NO. The van der Waals surface area contributed by atoms with Crippen molar-refractivity contribution in [1.82, 2.24) is 5.32 Å². The van der Waals surface area contributed by atoms with E-state index in [0.29, 0.717) is 0 Å². The van der Waals surface area contributed by atoms with Gasteiger partial charge in [-0.1, -0.05) is 19.8 Å². The predicted octanol–water partition coefficient (Wildman–Crippen LogP) is 2.25. The summed E-state index contributed by atoms with van der Waals surface area (Å²) in [4.78, 5) is 10.5. The Morgan fingerprint density at radius 1 is 1.36 bits per heavy atom. The number of carbonyl (C=O) groups excluding carboxylic acids is 1. The highest BCUT2D eigenvalue weighted by Gasteiger charge is 2.40. The summed E-state index contributed by atoms with van der Waals surface area (Å²) in [6.07, 6.45) is -0.887. The normalized spacial score (nSPS) is 20.9. The summed E-state index contributed by atoms with van der Waals surface area (Å²) in [6, 6.07) is 0. The quantitative estimate of drug-likeness (QED) is 0.742. The molecule has 14 heavy (non-hydrogen) atoms. The molecule has 0 spiro atoms.